The summed E-state index contributed by atoms with van der Waals surface area (Å²) in [5.41, 5.74) is 1.42. The molecule has 0 bridgehead atoms. The van der Waals surface area contributed by atoms with E-state index in [1.807, 2.05) is 44.2 Å². The van der Waals surface area contributed by atoms with Crippen LogP contribution in [-0.2, 0) is 32.6 Å². The van der Waals surface area contributed by atoms with E-state index in [1.54, 1.807) is 60.7 Å². The Morgan fingerprint density at radius 1 is 0.826 bits per heavy atom. The topological polar surface area (TPSA) is 96.0 Å². The molecule has 0 aliphatic heterocycles. The molecule has 1 N–H and O–H groups in total. The second-order valence-corrected chi connectivity index (χ2v) is 13.7. The number of benzene rings is 4. The summed E-state index contributed by atoms with van der Waals surface area (Å²) in [6.07, 6.45) is 0.165. The summed E-state index contributed by atoms with van der Waals surface area (Å²) in [6.45, 7) is 3.54. The molecule has 0 saturated carbocycles. The molecular weight excluding hydrogens is 645 g/mol. The number of nitrogens with one attached hydrogen (secondary N) is 1. The Labute approximate surface area is 280 Å². The molecule has 0 aromatic heterocycles. The molecule has 0 aliphatic rings. The predicted molar refractivity (Wildman–Crippen MR) is 183 cm³/mol. The molecule has 2 amide bonds. The summed E-state index contributed by atoms with van der Waals surface area (Å²) in [7, 11) is -2.85. The van der Waals surface area contributed by atoms with Crippen LogP contribution in [0.25, 0.3) is 0 Å². The summed E-state index contributed by atoms with van der Waals surface area (Å²) >= 11 is 13.1. The van der Waals surface area contributed by atoms with Crippen LogP contribution in [0.4, 0.5) is 5.69 Å². The van der Waals surface area contributed by atoms with Gasteiger partial charge in [0.25, 0.3) is 10.0 Å². The van der Waals surface area contributed by atoms with E-state index in [1.165, 1.54) is 24.1 Å². The monoisotopic (exact) mass is 681 g/mol. The Bertz CT molecular complexity index is 1720. The van der Waals surface area contributed by atoms with Crippen molar-refractivity contribution in [1.29, 1.82) is 0 Å². The minimum absolute atomic E-state index is 0.00934. The van der Waals surface area contributed by atoms with E-state index >= 15 is 0 Å². The maximum atomic E-state index is 14.6. The van der Waals surface area contributed by atoms with E-state index in [4.69, 9.17) is 27.9 Å². The first kappa shape index (κ1) is 34.8. The van der Waals surface area contributed by atoms with Crippen molar-refractivity contribution in [2.45, 2.75) is 37.8 Å². The maximum absolute atomic E-state index is 14.6. The molecule has 0 aliphatic carbocycles. The lowest BCUT2D eigenvalue weighted by atomic mass is 10.0. The van der Waals surface area contributed by atoms with Crippen molar-refractivity contribution in [3.63, 3.8) is 0 Å². The van der Waals surface area contributed by atoms with E-state index in [0.717, 1.165) is 9.87 Å². The van der Waals surface area contributed by atoms with Crippen LogP contribution in [0.2, 0.25) is 10.0 Å². The molecule has 4 rings (SSSR count). The van der Waals surface area contributed by atoms with Gasteiger partial charge in [-0.2, -0.15) is 0 Å². The van der Waals surface area contributed by atoms with Crippen LogP contribution in [0.5, 0.6) is 5.75 Å². The number of rotatable bonds is 14. The molecule has 0 heterocycles. The third-order valence-corrected chi connectivity index (χ3v) is 9.79. The Kier molecular flexibility index (Phi) is 12.1. The first-order valence-electron chi connectivity index (χ1n) is 14.8. The van der Waals surface area contributed by atoms with Crippen LogP contribution < -0.4 is 14.4 Å². The quantitative estimate of drug-likeness (QED) is 0.162. The van der Waals surface area contributed by atoms with Crippen LogP contribution in [0, 0.1) is 5.92 Å². The van der Waals surface area contributed by atoms with E-state index in [0.29, 0.717) is 22.2 Å². The lowest BCUT2D eigenvalue weighted by molar-refractivity contribution is -0.140. The average Bonchev–Trinajstić information content (AvgIpc) is 3.06. The van der Waals surface area contributed by atoms with Crippen LogP contribution >= 0.6 is 23.2 Å². The summed E-state index contributed by atoms with van der Waals surface area (Å²) in [5.74, 6) is -0.613. The molecule has 0 radical (unpaired) electrons. The zero-order valence-electron chi connectivity index (χ0n) is 25.9. The van der Waals surface area contributed by atoms with Gasteiger partial charge in [-0.15, -0.1) is 0 Å². The molecule has 46 heavy (non-hydrogen) atoms. The highest BCUT2D eigenvalue weighted by Crippen LogP contribution is 2.33. The zero-order chi connectivity index (χ0) is 33.3. The van der Waals surface area contributed by atoms with Gasteiger partial charge in [0.2, 0.25) is 11.8 Å². The van der Waals surface area contributed by atoms with Gasteiger partial charge in [-0.25, -0.2) is 8.42 Å². The Hall–Kier alpha value is -4.05. The molecule has 242 valence electrons. The lowest BCUT2D eigenvalue weighted by Crippen LogP contribution is -2.53. The Morgan fingerprint density at radius 3 is 2.02 bits per heavy atom. The molecule has 4 aromatic rings. The summed E-state index contributed by atoms with van der Waals surface area (Å²) in [6, 6.07) is 27.7. The second kappa shape index (κ2) is 16.0. The third-order valence-electron chi connectivity index (χ3n) is 7.31. The number of sulfonamides is 1. The van der Waals surface area contributed by atoms with Gasteiger partial charge in [-0.3, -0.25) is 13.9 Å². The van der Waals surface area contributed by atoms with E-state index in [2.05, 4.69) is 5.32 Å². The molecule has 1 atom stereocenters. The van der Waals surface area contributed by atoms with E-state index < -0.39 is 28.5 Å². The van der Waals surface area contributed by atoms with Crippen molar-refractivity contribution in [3.05, 3.63) is 124 Å². The number of anilines is 1. The van der Waals surface area contributed by atoms with Crippen molar-refractivity contribution in [2.75, 3.05) is 24.5 Å². The van der Waals surface area contributed by atoms with Gasteiger partial charge in [0.15, 0.2) is 0 Å². The van der Waals surface area contributed by atoms with Gasteiger partial charge in [-0.1, -0.05) is 104 Å². The standard InChI is InChI=1S/C35H37Cl2N3O5S/c1-25(2)22-38-35(42)32(21-26-13-6-4-7-14-26)39(23-28-29(36)17-12-18-30(28)37)34(41)24-40(31-19-10-11-20-33(31)45-3)46(43,44)27-15-8-5-9-16-27/h4-20,25,32H,21-24H2,1-3H3,(H,38,42)/t32-/m1/s1. The predicted octanol–water partition coefficient (Wildman–Crippen LogP) is 6.61. The Balaban J connectivity index is 1.85. The largest absolute Gasteiger partial charge is 0.495 e. The van der Waals surface area contributed by atoms with Crippen LogP contribution in [0.1, 0.15) is 25.0 Å². The van der Waals surface area contributed by atoms with Gasteiger partial charge >= 0.3 is 0 Å². The highest BCUT2D eigenvalue weighted by molar-refractivity contribution is 7.92. The highest BCUT2D eigenvalue weighted by Gasteiger charge is 2.36. The number of amides is 2. The maximum Gasteiger partial charge on any atom is 0.264 e. The van der Waals surface area contributed by atoms with Crippen molar-refractivity contribution in [3.8, 4) is 5.75 Å². The van der Waals surface area contributed by atoms with Crippen LogP contribution in [-0.4, -0.2) is 51.4 Å². The average molecular weight is 683 g/mol. The van der Waals surface area contributed by atoms with Crippen LogP contribution in [0.15, 0.2) is 108 Å². The number of methoxy groups -OCH3 is 1. The fraction of sp³-hybridized carbons (Fsp3) is 0.257. The molecule has 8 nitrogen and oxygen atoms in total. The van der Waals surface area contributed by atoms with Crippen molar-refractivity contribution in [2.24, 2.45) is 5.92 Å². The molecule has 0 saturated heterocycles. The summed E-state index contributed by atoms with van der Waals surface area (Å²) < 4.78 is 34.9. The number of nitrogens with zero attached hydrogens (tertiary/aromatic N) is 2. The van der Waals surface area contributed by atoms with E-state index in [-0.39, 0.29) is 41.1 Å². The number of halogens is 2. The molecule has 4 aromatic carbocycles. The van der Waals surface area contributed by atoms with Gasteiger partial charge < -0.3 is 15.0 Å². The SMILES string of the molecule is COc1ccccc1N(CC(=O)N(Cc1c(Cl)cccc1Cl)[C@H](Cc1ccccc1)C(=O)NCC(C)C)S(=O)(=O)c1ccccc1. The minimum Gasteiger partial charge on any atom is -0.495 e. The molecule has 11 heteroatoms. The smallest absolute Gasteiger partial charge is 0.264 e. The normalized spacial score (nSPS) is 12.0. The van der Waals surface area contributed by atoms with E-state index in [9.17, 15) is 18.0 Å². The third kappa shape index (κ3) is 8.60. The van der Waals surface area contributed by atoms with Crippen molar-refractivity contribution in [1.82, 2.24) is 10.2 Å². The van der Waals surface area contributed by atoms with Gasteiger partial charge in [0.1, 0.15) is 18.3 Å². The van der Waals surface area contributed by atoms with Gasteiger partial charge in [-0.05, 0) is 47.9 Å². The fourth-order valence-corrected chi connectivity index (χ4v) is 6.86. The highest BCUT2D eigenvalue weighted by atomic mass is 35.5. The second-order valence-electron chi connectivity index (χ2n) is 11.1. The minimum atomic E-state index is -4.28. The first-order chi connectivity index (χ1) is 22.0. The molecule has 0 spiro atoms. The van der Waals surface area contributed by atoms with Gasteiger partial charge in [0, 0.05) is 35.1 Å². The Morgan fingerprint density at radius 2 is 1.41 bits per heavy atom. The lowest BCUT2D eigenvalue weighted by Gasteiger charge is -2.34. The summed E-state index contributed by atoms with van der Waals surface area (Å²) in [5, 5.41) is 3.58. The molecule has 0 unspecified atom stereocenters. The summed E-state index contributed by atoms with van der Waals surface area (Å²) in [4.78, 5) is 29.9. The number of hydrogen-bond donors (Lipinski definition) is 1. The van der Waals surface area contributed by atoms with Crippen molar-refractivity contribution < 1.29 is 22.7 Å². The number of carbonyl (C=O) groups excluding carboxylic acids is 2. The number of carbonyl (C=O) groups is 2. The molecular formula is C35H37Cl2N3O5S. The fourth-order valence-electron chi connectivity index (χ4n) is 4.90. The molecule has 0 fully saturated rings. The van der Waals surface area contributed by atoms with Crippen molar-refractivity contribution >= 4 is 50.7 Å². The number of para-hydroxylation sites is 2. The zero-order valence-corrected chi connectivity index (χ0v) is 28.2. The van der Waals surface area contributed by atoms with Gasteiger partial charge in [0.05, 0.1) is 17.7 Å². The number of ether oxygens (including phenoxy) is 1. The number of hydrogen-bond acceptors (Lipinski definition) is 5. The van der Waals surface area contributed by atoms with Crippen LogP contribution in [0.3, 0.4) is 0 Å². The first-order valence-corrected chi connectivity index (χ1v) is 17.0.